The summed E-state index contributed by atoms with van der Waals surface area (Å²) in [6.45, 7) is 0.275. The van der Waals surface area contributed by atoms with Crippen molar-refractivity contribution in [1.82, 2.24) is 5.32 Å². The Kier molecular flexibility index (Phi) is 4.45. The number of likely N-dealkylation sites (N-methyl/N-ethyl adjacent to an activating group) is 1. The third-order valence-electron chi connectivity index (χ3n) is 3.23. The molecular weight excluding hydrogens is 232 g/mol. The fraction of sp³-hybridized carbons (Fsp3) is 0.538. The zero-order chi connectivity index (χ0) is 12.3. The number of aryl methyl sites for hydroxylation is 1. The summed E-state index contributed by atoms with van der Waals surface area (Å²) in [5.41, 5.74) is 8.07. The number of hydrogen-bond acceptors (Lipinski definition) is 4. The topological polar surface area (TPSA) is 58.3 Å². The number of benzene rings is 1. The molecule has 0 amide bonds. The average molecular weight is 252 g/mol. The van der Waals surface area contributed by atoms with Gasteiger partial charge in [0, 0.05) is 11.4 Å². The van der Waals surface area contributed by atoms with Gasteiger partial charge in [-0.05, 0) is 42.8 Å². The molecule has 1 aromatic carbocycles. The van der Waals surface area contributed by atoms with Crippen LogP contribution in [0, 0.1) is 0 Å². The van der Waals surface area contributed by atoms with E-state index in [1.807, 2.05) is 18.8 Å². The molecule has 0 radical (unpaired) electrons. The number of hydrogen-bond donors (Lipinski definition) is 3. The van der Waals surface area contributed by atoms with Crippen molar-refractivity contribution in [3.8, 4) is 0 Å². The standard InChI is InChI=1S/C13H20N2OS/c1-15-13(11(16)8-14)10-4-5-12-9(7-10)3-2-6-17-12/h4-5,7,11,13,15-16H,2-3,6,8,14H2,1H3. The predicted molar refractivity (Wildman–Crippen MR) is 72.3 cm³/mol. The Hall–Kier alpha value is -0.550. The van der Waals surface area contributed by atoms with Crippen LogP contribution in [0.25, 0.3) is 0 Å². The zero-order valence-corrected chi connectivity index (χ0v) is 11.0. The third kappa shape index (κ3) is 2.83. The van der Waals surface area contributed by atoms with E-state index >= 15 is 0 Å². The van der Waals surface area contributed by atoms with Crippen molar-refractivity contribution in [2.45, 2.75) is 29.9 Å². The molecule has 0 spiro atoms. The van der Waals surface area contributed by atoms with Crippen LogP contribution in [0.5, 0.6) is 0 Å². The maximum Gasteiger partial charge on any atom is 0.0856 e. The van der Waals surface area contributed by atoms with Crippen LogP contribution in [-0.2, 0) is 6.42 Å². The van der Waals surface area contributed by atoms with Crippen LogP contribution >= 0.6 is 11.8 Å². The summed E-state index contributed by atoms with van der Waals surface area (Å²) < 4.78 is 0. The molecule has 0 aromatic heterocycles. The van der Waals surface area contributed by atoms with Crippen LogP contribution in [0.1, 0.15) is 23.6 Å². The minimum Gasteiger partial charge on any atom is -0.390 e. The first-order valence-corrected chi connectivity index (χ1v) is 7.06. The summed E-state index contributed by atoms with van der Waals surface area (Å²) in [6, 6.07) is 6.40. The van der Waals surface area contributed by atoms with E-state index in [2.05, 4.69) is 23.5 Å². The molecule has 0 bridgehead atoms. The number of fused-ring (bicyclic) bond motifs is 1. The fourth-order valence-electron chi connectivity index (χ4n) is 2.29. The third-order valence-corrected chi connectivity index (χ3v) is 4.43. The summed E-state index contributed by atoms with van der Waals surface area (Å²) >= 11 is 1.92. The minimum atomic E-state index is -0.533. The predicted octanol–water partition coefficient (Wildman–Crippen LogP) is 1.30. The van der Waals surface area contributed by atoms with E-state index in [0.717, 1.165) is 12.0 Å². The van der Waals surface area contributed by atoms with E-state index in [1.165, 1.54) is 22.6 Å². The van der Waals surface area contributed by atoms with Crippen molar-refractivity contribution in [2.24, 2.45) is 5.73 Å². The van der Waals surface area contributed by atoms with Gasteiger partial charge in [0.05, 0.1) is 12.1 Å². The molecular formula is C13H20N2OS. The molecule has 17 heavy (non-hydrogen) atoms. The van der Waals surface area contributed by atoms with Crippen LogP contribution < -0.4 is 11.1 Å². The second-order valence-corrected chi connectivity index (χ2v) is 5.53. The lowest BCUT2D eigenvalue weighted by Crippen LogP contribution is -2.35. The average Bonchev–Trinajstić information content (AvgIpc) is 2.39. The van der Waals surface area contributed by atoms with Gasteiger partial charge in [-0.15, -0.1) is 11.8 Å². The normalized spacial score (nSPS) is 18.5. The minimum absolute atomic E-state index is 0.0720. The SMILES string of the molecule is CNC(c1ccc2c(c1)CCCS2)C(O)CN. The highest BCUT2D eigenvalue weighted by molar-refractivity contribution is 7.99. The van der Waals surface area contributed by atoms with Crippen LogP contribution in [0.4, 0.5) is 0 Å². The maximum atomic E-state index is 9.88. The van der Waals surface area contributed by atoms with Gasteiger partial charge in [0.15, 0.2) is 0 Å². The Labute approximate surface area is 107 Å². The van der Waals surface area contributed by atoms with Crippen molar-refractivity contribution in [3.63, 3.8) is 0 Å². The van der Waals surface area contributed by atoms with Crippen LogP contribution in [0.15, 0.2) is 23.1 Å². The van der Waals surface area contributed by atoms with Crippen LogP contribution in [-0.4, -0.2) is 30.6 Å². The van der Waals surface area contributed by atoms with E-state index < -0.39 is 6.10 Å². The monoisotopic (exact) mass is 252 g/mol. The molecule has 2 rings (SSSR count). The van der Waals surface area contributed by atoms with Gasteiger partial charge in [-0.2, -0.15) is 0 Å². The van der Waals surface area contributed by atoms with Gasteiger partial charge in [-0.3, -0.25) is 0 Å². The number of rotatable bonds is 4. The molecule has 1 heterocycles. The summed E-state index contributed by atoms with van der Waals surface area (Å²) in [4.78, 5) is 1.39. The molecule has 1 aliphatic heterocycles. The van der Waals surface area contributed by atoms with Gasteiger partial charge in [0.1, 0.15) is 0 Å². The van der Waals surface area contributed by atoms with E-state index in [0.29, 0.717) is 0 Å². The first-order valence-electron chi connectivity index (χ1n) is 6.07. The number of nitrogens with two attached hydrogens (primary N) is 1. The van der Waals surface area contributed by atoms with Gasteiger partial charge in [0.2, 0.25) is 0 Å². The van der Waals surface area contributed by atoms with Crippen molar-refractivity contribution >= 4 is 11.8 Å². The smallest absolute Gasteiger partial charge is 0.0856 e. The number of aliphatic hydroxyl groups is 1. The highest BCUT2D eigenvalue weighted by atomic mass is 32.2. The van der Waals surface area contributed by atoms with Gasteiger partial charge in [-0.25, -0.2) is 0 Å². The molecule has 0 saturated carbocycles. The van der Waals surface area contributed by atoms with Crippen molar-refractivity contribution < 1.29 is 5.11 Å². The molecule has 4 N–H and O–H groups in total. The van der Waals surface area contributed by atoms with Crippen LogP contribution in [0.2, 0.25) is 0 Å². The highest BCUT2D eigenvalue weighted by Gasteiger charge is 2.19. The highest BCUT2D eigenvalue weighted by Crippen LogP contribution is 2.32. The summed E-state index contributed by atoms with van der Waals surface area (Å²) in [5, 5.41) is 13.0. The van der Waals surface area contributed by atoms with Gasteiger partial charge in [0.25, 0.3) is 0 Å². The number of thioether (sulfide) groups is 1. The Morgan fingerprint density at radius 2 is 2.35 bits per heavy atom. The zero-order valence-electron chi connectivity index (χ0n) is 10.1. The Bertz CT molecular complexity index is 384. The van der Waals surface area contributed by atoms with E-state index in [4.69, 9.17) is 5.73 Å². The van der Waals surface area contributed by atoms with E-state index in [9.17, 15) is 5.11 Å². The largest absolute Gasteiger partial charge is 0.390 e. The van der Waals surface area contributed by atoms with Crippen LogP contribution in [0.3, 0.4) is 0 Å². The molecule has 2 unspecified atom stereocenters. The molecule has 0 saturated heterocycles. The van der Waals surface area contributed by atoms with Crippen molar-refractivity contribution in [3.05, 3.63) is 29.3 Å². The molecule has 2 atom stereocenters. The summed E-state index contributed by atoms with van der Waals surface area (Å²) in [7, 11) is 1.86. The van der Waals surface area contributed by atoms with Gasteiger partial charge >= 0.3 is 0 Å². The number of nitrogens with one attached hydrogen (secondary N) is 1. The second-order valence-electron chi connectivity index (χ2n) is 4.39. The molecule has 94 valence electrons. The van der Waals surface area contributed by atoms with Gasteiger partial charge < -0.3 is 16.2 Å². The van der Waals surface area contributed by atoms with Crippen molar-refractivity contribution in [1.29, 1.82) is 0 Å². The Balaban J connectivity index is 2.25. The molecule has 3 nitrogen and oxygen atoms in total. The molecule has 4 heteroatoms. The molecule has 1 aliphatic rings. The van der Waals surface area contributed by atoms with Crippen molar-refractivity contribution in [2.75, 3.05) is 19.3 Å². The Morgan fingerprint density at radius 1 is 1.53 bits per heavy atom. The molecule has 0 fully saturated rings. The summed E-state index contributed by atoms with van der Waals surface area (Å²) in [6.07, 6.45) is 1.85. The maximum absolute atomic E-state index is 9.88. The second kappa shape index (κ2) is 5.87. The first kappa shape index (κ1) is 12.9. The first-order chi connectivity index (χ1) is 8.26. The molecule has 0 aliphatic carbocycles. The van der Waals surface area contributed by atoms with Gasteiger partial charge in [-0.1, -0.05) is 12.1 Å². The fourth-order valence-corrected chi connectivity index (χ4v) is 3.31. The van der Waals surface area contributed by atoms with E-state index in [1.54, 1.807) is 0 Å². The lowest BCUT2D eigenvalue weighted by atomic mass is 9.98. The lowest BCUT2D eigenvalue weighted by molar-refractivity contribution is 0.139. The Morgan fingerprint density at radius 3 is 3.06 bits per heavy atom. The summed E-state index contributed by atoms with van der Waals surface area (Å²) in [5.74, 6) is 1.22. The quantitative estimate of drug-likeness (QED) is 0.756. The lowest BCUT2D eigenvalue weighted by Gasteiger charge is -2.24. The number of aliphatic hydroxyl groups excluding tert-OH is 1. The molecule has 1 aromatic rings. The van der Waals surface area contributed by atoms with E-state index in [-0.39, 0.29) is 12.6 Å².